The Morgan fingerprint density at radius 2 is 0.780 bits per heavy atom. The van der Waals surface area contributed by atoms with Gasteiger partial charge < -0.3 is 9.47 Å². The molecule has 0 aliphatic rings. The predicted octanol–water partition coefficient (Wildman–Crippen LogP) is 11.8. The molecule has 0 aliphatic heterocycles. The molecule has 0 aliphatic carbocycles. The van der Waals surface area contributed by atoms with Gasteiger partial charge in [-0.1, -0.05) is 157 Å². The SMILES string of the molecule is CCCCC(CC)COC(=O)CCCCCCCCCCCCCCC(CC)CCC(=O)OCC(CC)CCCC. The van der Waals surface area contributed by atoms with Crippen LogP contribution < -0.4 is 0 Å². The van der Waals surface area contributed by atoms with Gasteiger partial charge in [-0.25, -0.2) is 0 Å². The Labute approximate surface area is 256 Å². The molecule has 0 radical (unpaired) electrons. The second-order valence-electron chi connectivity index (χ2n) is 12.8. The third kappa shape index (κ3) is 26.3. The fraction of sp³-hybridized carbons (Fsp3) is 0.946. The summed E-state index contributed by atoms with van der Waals surface area (Å²) in [7, 11) is 0. The van der Waals surface area contributed by atoms with Crippen LogP contribution in [0.4, 0.5) is 0 Å². The van der Waals surface area contributed by atoms with Crippen molar-refractivity contribution in [2.75, 3.05) is 13.2 Å². The number of hydrogen-bond donors (Lipinski definition) is 0. The van der Waals surface area contributed by atoms with E-state index in [0.29, 0.717) is 43.8 Å². The van der Waals surface area contributed by atoms with E-state index in [9.17, 15) is 9.59 Å². The number of unbranched alkanes of at least 4 members (excludes halogenated alkanes) is 13. The minimum Gasteiger partial charge on any atom is -0.465 e. The molecule has 0 heterocycles. The highest BCUT2D eigenvalue weighted by Crippen LogP contribution is 2.21. The van der Waals surface area contributed by atoms with E-state index in [1.807, 2.05) is 0 Å². The molecule has 0 aromatic heterocycles. The van der Waals surface area contributed by atoms with Crippen LogP contribution in [0.25, 0.3) is 0 Å². The smallest absolute Gasteiger partial charge is 0.305 e. The van der Waals surface area contributed by atoms with Crippen LogP contribution in [0.5, 0.6) is 0 Å². The number of ether oxygens (including phenoxy) is 2. The molecule has 3 unspecified atom stereocenters. The van der Waals surface area contributed by atoms with Crippen LogP contribution in [-0.4, -0.2) is 25.2 Å². The lowest BCUT2D eigenvalue weighted by atomic mass is 9.93. The molecule has 0 fully saturated rings. The van der Waals surface area contributed by atoms with E-state index < -0.39 is 0 Å². The summed E-state index contributed by atoms with van der Waals surface area (Å²) in [5.41, 5.74) is 0. The molecule has 0 aromatic carbocycles. The number of carbonyl (C=O) groups excluding carboxylic acids is 2. The molecule has 0 rings (SSSR count). The van der Waals surface area contributed by atoms with Crippen LogP contribution in [0.3, 0.4) is 0 Å². The quantitative estimate of drug-likeness (QED) is 0.0604. The molecule has 4 heteroatoms. The Hall–Kier alpha value is -1.06. The van der Waals surface area contributed by atoms with Gasteiger partial charge in [-0.05, 0) is 43.4 Å². The number of esters is 2. The molecule has 244 valence electrons. The second-order valence-corrected chi connectivity index (χ2v) is 12.8. The molecule has 0 saturated carbocycles. The van der Waals surface area contributed by atoms with Gasteiger partial charge in [-0.3, -0.25) is 9.59 Å². The topological polar surface area (TPSA) is 52.6 Å². The van der Waals surface area contributed by atoms with E-state index in [2.05, 4.69) is 34.6 Å². The monoisotopic (exact) mass is 581 g/mol. The van der Waals surface area contributed by atoms with Crippen molar-refractivity contribution in [3.8, 4) is 0 Å². The normalized spacial score (nSPS) is 13.6. The molecule has 0 bridgehead atoms. The lowest BCUT2D eigenvalue weighted by Crippen LogP contribution is -2.14. The summed E-state index contributed by atoms with van der Waals surface area (Å²) in [5, 5.41) is 0. The fourth-order valence-corrected chi connectivity index (χ4v) is 5.71. The molecule has 4 nitrogen and oxygen atoms in total. The van der Waals surface area contributed by atoms with Crippen molar-refractivity contribution in [2.45, 2.75) is 195 Å². The molecular formula is C37H72O4. The molecule has 0 amide bonds. The van der Waals surface area contributed by atoms with Crippen LogP contribution in [-0.2, 0) is 19.1 Å². The minimum atomic E-state index is 0.00319. The predicted molar refractivity (Wildman–Crippen MR) is 176 cm³/mol. The average molecular weight is 581 g/mol. The first-order chi connectivity index (χ1) is 20.0. The van der Waals surface area contributed by atoms with Crippen molar-refractivity contribution in [1.29, 1.82) is 0 Å². The lowest BCUT2D eigenvalue weighted by Gasteiger charge is -2.16. The summed E-state index contributed by atoms with van der Waals surface area (Å²) in [4.78, 5) is 24.2. The highest BCUT2D eigenvalue weighted by Gasteiger charge is 2.13. The Kier molecular flexibility index (Phi) is 29.6. The van der Waals surface area contributed by atoms with Crippen molar-refractivity contribution >= 4 is 11.9 Å². The molecule has 0 saturated heterocycles. The largest absolute Gasteiger partial charge is 0.465 e. The molecule has 41 heavy (non-hydrogen) atoms. The maximum atomic E-state index is 12.2. The van der Waals surface area contributed by atoms with E-state index in [1.54, 1.807) is 0 Å². The van der Waals surface area contributed by atoms with Gasteiger partial charge in [0.25, 0.3) is 0 Å². The van der Waals surface area contributed by atoms with Gasteiger partial charge in [0.05, 0.1) is 13.2 Å². The zero-order chi connectivity index (χ0) is 30.4. The zero-order valence-electron chi connectivity index (χ0n) is 28.5. The van der Waals surface area contributed by atoms with Crippen molar-refractivity contribution < 1.29 is 19.1 Å². The maximum Gasteiger partial charge on any atom is 0.305 e. The molecule has 0 N–H and O–H groups in total. The maximum absolute atomic E-state index is 12.2. The van der Waals surface area contributed by atoms with Crippen LogP contribution in [0.2, 0.25) is 0 Å². The van der Waals surface area contributed by atoms with Crippen molar-refractivity contribution in [2.24, 2.45) is 17.8 Å². The summed E-state index contributed by atoms with van der Waals surface area (Å²) < 4.78 is 11.1. The lowest BCUT2D eigenvalue weighted by molar-refractivity contribution is -0.146. The first-order valence-electron chi connectivity index (χ1n) is 18.3. The second kappa shape index (κ2) is 30.4. The van der Waals surface area contributed by atoms with Crippen LogP contribution in [0.15, 0.2) is 0 Å². The summed E-state index contributed by atoms with van der Waals surface area (Å²) in [5.74, 6) is 1.76. The van der Waals surface area contributed by atoms with Crippen LogP contribution in [0.1, 0.15) is 195 Å². The minimum absolute atomic E-state index is 0.00319. The van der Waals surface area contributed by atoms with E-state index in [1.165, 1.54) is 116 Å². The average Bonchev–Trinajstić information content (AvgIpc) is 2.98. The molecule has 0 spiro atoms. The van der Waals surface area contributed by atoms with Gasteiger partial charge in [-0.15, -0.1) is 0 Å². The molecule has 0 aromatic rings. The third-order valence-electron chi connectivity index (χ3n) is 9.12. The Balaban J connectivity index is 3.56. The fourth-order valence-electron chi connectivity index (χ4n) is 5.71. The van der Waals surface area contributed by atoms with Crippen LogP contribution in [0, 0.1) is 17.8 Å². The number of carbonyl (C=O) groups is 2. The molecular weight excluding hydrogens is 508 g/mol. The van der Waals surface area contributed by atoms with Gasteiger partial charge in [0.2, 0.25) is 0 Å². The summed E-state index contributed by atoms with van der Waals surface area (Å²) in [6.45, 7) is 12.3. The van der Waals surface area contributed by atoms with Crippen molar-refractivity contribution in [3.05, 3.63) is 0 Å². The first-order valence-corrected chi connectivity index (χ1v) is 18.3. The first kappa shape index (κ1) is 39.9. The highest BCUT2D eigenvalue weighted by molar-refractivity contribution is 5.69. The van der Waals surface area contributed by atoms with E-state index >= 15 is 0 Å². The Morgan fingerprint density at radius 1 is 0.415 bits per heavy atom. The Morgan fingerprint density at radius 3 is 1.20 bits per heavy atom. The van der Waals surface area contributed by atoms with Crippen molar-refractivity contribution in [3.63, 3.8) is 0 Å². The highest BCUT2D eigenvalue weighted by atomic mass is 16.5. The third-order valence-corrected chi connectivity index (χ3v) is 9.12. The van der Waals surface area contributed by atoms with Crippen LogP contribution >= 0.6 is 0 Å². The van der Waals surface area contributed by atoms with Crippen molar-refractivity contribution in [1.82, 2.24) is 0 Å². The Bertz CT molecular complexity index is 575. The van der Waals surface area contributed by atoms with E-state index in [0.717, 1.165) is 32.1 Å². The summed E-state index contributed by atoms with van der Waals surface area (Å²) in [6.07, 6.45) is 29.5. The zero-order valence-corrected chi connectivity index (χ0v) is 28.5. The van der Waals surface area contributed by atoms with Gasteiger partial charge in [0, 0.05) is 12.8 Å². The van der Waals surface area contributed by atoms with E-state index in [4.69, 9.17) is 9.47 Å². The standard InChI is InChI=1S/C37H72O4/c1-6-11-25-34(9-4)31-40-36(38)28-24-22-20-18-16-14-13-15-17-19-21-23-27-33(8-3)29-30-37(39)41-32-35(10-5)26-12-7-2/h33-35H,6-32H2,1-5H3. The molecule has 3 atom stereocenters. The van der Waals surface area contributed by atoms with E-state index in [-0.39, 0.29) is 11.9 Å². The van der Waals surface area contributed by atoms with Gasteiger partial charge in [0.15, 0.2) is 0 Å². The number of rotatable bonds is 31. The van der Waals surface area contributed by atoms with Gasteiger partial charge in [-0.2, -0.15) is 0 Å². The number of hydrogen-bond acceptors (Lipinski definition) is 4. The summed E-state index contributed by atoms with van der Waals surface area (Å²) in [6, 6.07) is 0. The van der Waals surface area contributed by atoms with Gasteiger partial charge in [0.1, 0.15) is 0 Å². The van der Waals surface area contributed by atoms with Gasteiger partial charge >= 0.3 is 11.9 Å². The summed E-state index contributed by atoms with van der Waals surface area (Å²) >= 11 is 0.